The zero-order valence-corrected chi connectivity index (χ0v) is 11.2. The summed E-state index contributed by atoms with van der Waals surface area (Å²) in [6, 6.07) is 7.57. The molecule has 1 atom stereocenters. The highest BCUT2D eigenvalue weighted by molar-refractivity contribution is 5.83. The Morgan fingerprint density at radius 1 is 1.35 bits per heavy atom. The molecule has 1 aromatic carbocycles. The van der Waals surface area contributed by atoms with Gasteiger partial charge >= 0.3 is 0 Å². The van der Waals surface area contributed by atoms with E-state index in [-0.39, 0.29) is 18.6 Å². The maximum Gasteiger partial charge on any atom is 0.237 e. The van der Waals surface area contributed by atoms with Crippen LogP contribution in [0.2, 0.25) is 0 Å². The molecule has 3 N–H and O–H groups in total. The Bertz CT molecular complexity index is 623. The van der Waals surface area contributed by atoms with Crippen molar-refractivity contribution < 1.29 is 9.90 Å². The van der Waals surface area contributed by atoms with E-state index in [0.29, 0.717) is 19.5 Å². The Morgan fingerprint density at radius 2 is 2.20 bits per heavy atom. The van der Waals surface area contributed by atoms with Crippen LogP contribution < -0.4 is 10.6 Å². The van der Waals surface area contributed by atoms with E-state index in [1.165, 1.54) is 0 Å². The van der Waals surface area contributed by atoms with E-state index in [9.17, 15) is 9.90 Å². The Hall–Kier alpha value is -1.92. The molecule has 2 aromatic rings. The predicted molar refractivity (Wildman–Crippen MR) is 75.3 cm³/mol. The highest BCUT2D eigenvalue weighted by Gasteiger charge is 2.24. The highest BCUT2D eigenvalue weighted by atomic mass is 16.3. The van der Waals surface area contributed by atoms with Crippen LogP contribution in [-0.2, 0) is 17.8 Å². The van der Waals surface area contributed by atoms with Crippen molar-refractivity contribution in [3.05, 3.63) is 30.1 Å². The number of nitrogens with zero attached hydrogens (tertiary/aromatic N) is 2. The smallest absolute Gasteiger partial charge is 0.237 e. The largest absolute Gasteiger partial charge is 0.395 e. The number of hydrogen-bond acceptors (Lipinski definition) is 4. The number of hydrogen-bond donors (Lipinski definition) is 3. The summed E-state index contributed by atoms with van der Waals surface area (Å²) in [5.74, 6) is 0.841. The third-order valence-electron chi connectivity index (χ3n) is 3.58. The SMILES string of the molecule is O=C1NCCNC1Cc1nc2ccccc2n1CCO. The number of carbonyl (C=O) groups excluding carboxylic acids is 1. The number of aliphatic hydroxyl groups excluding tert-OH is 1. The zero-order valence-electron chi connectivity index (χ0n) is 11.2. The average molecular weight is 274 g/mol. The number of para-hydroxylation sites is 2. The minimum atomic E-state index is -0.252. The van der Waals surface area contributed by atoms with Crippen LogP contribution in [0, 0.1) is 0 Å². The average Bonchev–Trinajstić information content (AvgIpc) is 2.80. The number of imidazole rings is 1. The van der Waals surface area contributed by atoms with Crippen LogP contribution in [0.15, 0.2) is 24.3 Å². The van der Waals surface area contributed by atoms with Crippen molar-refractivity contribution in [2.75, 3.05) is 19.7 Å². The summed E-state index contributed by atoms with van der Waals surface area (Å²) < 4.78 is 1.99. The van der Waals surface area contributed by atoms with E-state index in [2.05, 4.69) is 15.6 Å². The van der Waals surface area contributed by atoms with E-state index in [1.807, 2.05) is 28.8 Å². The van der Waals surface area contributed by atoms with Gasteiger partial charge in [-0.1, -0.05) is 12.1 Å². The van der Waals surface area contributed by atoms with Crippen molar-refractivity contribution in [1.29, 1.82) is 0 Å². The van der Waals surface area contributed by atoms with Crippen LogP contribution in [-0.4, -0.2) is 46.3 Å². The van der Waals surface area contributed by atoms with Gasteiger partial charge in [0.2, 0.25) is 5.91 Å². The molecule has 3 rings (SSSR count). The second kappa shape index (κ2) is 5.60. The van der Waals surface area contributed by atoms with E-state index in [1.54, 1.807) is 0 Å². The topological polar surface area (TPSA) is 79.2 Å². The summed E-state index contributed by atoms with van der Waals surface area (Å²) >= 11 is 0. The summed E-state index contributed by atoms with van der Waals surface area (Å²) in [7, 11) is 0. The van der Waals surface area contributed by atoms with Crippen LogP contribution >= 0.6 is 0 Å². The molecule has 0 radical (unpaired) electrons. The van der Waals surface area contributed by atoms with Crippen molar-refractivity contribution in [3.63, 3.8) is 0 Å². The molecule has 0 bridgehead atoms. The molecule has 1 aliphatic rings. The van der Waals surface area contributed by atoms with Gasteiger partial charge in [-0.3, -0.25) is 4.79 Å². The fourth-order valence-electron chi connectivity index (χ4n) is 2.63. The fourth-order valence-corrected chi connectivity index (χ4v) is 2.63. The molecule has 106 valence electrons. The van der Waals surface area contributed by atoms with Gasteiger partial charge in [-0.2, -0.15) is 0 Å². The number of aromatic nitrogens is 2. The van der Waals surface area contributed by atoms with Gasteiger partial charge in [0, 0.05) is 26.1 Å². The van der Waals surface area contributed by atoms with Crippen LogP contribution in [0.25, 0.3) is 11.0 Å². The molecule has 6 heteroatoms. The van der Waals surface area contributed by atoms with Gasteiger partial charge in [0.25, 0.3) is 0 Å². The van der Waals surface area contributed by atoms with E-state index < -0.39 is 0 Å². The van der Waals surface area contributed by atoms with Crippen molar-refractivity contribution in [2.24, 2.45) is 0 Å². The minimum Gasteiger partial charge on any atom is -0.395 e. The Balaban J connectivity index is 1.93. The monoisotopic (exact) mass is 274 g/mol. The van der Waals surface area contributed by atoms with Crippen molar-refractivity contribution in [1.82, 2.24) is 20.2 Å². The van der Waals surface area contributed by atoms with E-state index in [0.717, 1.165) is 23.4 Å². The number of nitrogens with one attached hydrogen (secondary N) is 2. The number of aliphatic hydroxyl groups is 1. The first-order valence-electron chi connectivity index (χ1n) is 6.85. The molecule has 6 nitrogen and oxygen atoms in total. The lowest BCUT2D eigenvalue weighted by Gasteiger charge is -2.23. The Kier molecular flexibility index (Phi) is 3.66. The van der Waals surface area contributed by atoms with Gasteiger partial charge in [-0.25, -0.2) is 4.98 Å². The van der Waals surface area contributed by atoms with Crippen LogP contribution in [0.3, 0.4) is 0 Å². The van der Waals surface area contributed by atoms with Crippen LogP contribution in [0.1, 0.15) is 5.82 Å². The number of carbonyl (C=O) groups is 1. The summed E-state index contributed by atoms with van der Waals surface area (Å²) in [4.78, 5) is 16.4. The molecule has 1 saturated heterocycles. The van der Waals surface area contributed by atoms with Gasteiger partial charge in [-0.05, 0) is 12.1 Å². The molecule has 1 amide bonds. The summed E-state index contributed by atoms with van der Waals surface area (Å²) in [5, 5.41) is 15.3. The van der Waals surface area contributed by atoms with Gasteiger partial charge in [0.15, 0.2) is 0 Å². The van der Waals surface area contributed by atoms with Gasteiger partial charge in [-0.15, -0.1) is 0 Å². The lowest BCUT2D eigenvalue weighted by Crippen LogP contribution is -2.54. The first kappa shape index (κ1) is 13.1. The fraction of sp³-hybridized carbons (Fsp3) is 0.429. The predicted octanol–water partition coefficient (Wildman–Crippen LogP) is -0.341. The normalized spacial score (nSPS) is 19.2. The minimum absolute atomic E-state index is 0.0128. The summed E-state index contributed by atoms with van der Waals surface area (Å²) in [6.45, 7) is 1.99. The standard InChI is InChI=1S/C14H18N4O2/c19-8-7-18-12-4-2-1-3-10(12)17-13(18)9-11-14(20)16-6-5-15-11/h1-4,11,15,19H,5-9H2,(H,16,20). The van der Waals surface area contributed by atoms with Crippen molar-refractivity contribution >= 4 is 16.9 Å². The zero-order chi connectivity index (χ0) is 13.9. The molecule has 20 heavy (non-hydrogen) atoms. The number of benzene rings is 1. The lowest BCUT2D eigenvalue weighted by molar-refractivity contribution is -0.124. The summed E-state index contributed by atoms with van der Waals surface area (Å²) in [6.07, 6.45) is 0.528. The third kappa shape index (κ3) is 2.39. The highest BCUT2D eigenvalue weighted by Crippen LogP contribution is 2.17. The maximum absolute atomic E-state index is 11.8. The molecular formula is C14H18N4O2. The molecule has 1 fully saturated rings. The lowest BCUT2D eigenvalue weighted by atomic mass is 10.1. The number of piperazine rings is 1. The summed E-state index contributed by atoms with van der Waals surface area (Å²) in [5.41, 5.74) is 1.89. The second-order valence-corrected chi connectivity index (χ2v) is 4.89. The van der Waals surface area contributed by atoms with Crippen LogP contribution in [0.4, 0.5) is 0 Å². The maximum atomic E-state index is 11.8. The van der Waals surface area contributed by atoms with Gasteiger partial charge in [0.1, 0.15) is 5.82 Å². The molecule has 0 spiro atoms. The molecule has 1 aromatic heterocycles. The van der Waals surface area contributed by atoms with Crippen LogP contribution in [0.5, 0.6) is 0 Å². The molecule has 1 aliphatic heterocycles. The van der Waals surface area contributed by atoms with E-state index >= 15 is 0 Å². The van der Waals surface area contributed by atoms with Gasteiger partial charge in [0.05, 0.1) is 23.7 Å². The number of rotatable bonds is 4. The van der Waals surface area contributed by atoms with E-state index in [4.69, 9.17) is 0 Å². The van der Waals surface area contributed by atoms with Crippen molar-refractivity contribution in [2.45, 2.75) is 19.0 Å². The Morgan fingerprint density at radius 3 is 3.00 bits per heavy atom. The Labute approximate surface area is 116 Å². The molecular weight excluding hydrogens is 256 g/mol. The van der Waals surface area contributed by atoms with Gasteiger partial charge < -0.3 is 20.3 Å². The number of amides is 1. The number of fused-ring (bicyclic) bond motifs is 1. The third-order valence-corrected chi connectivity index (χ3v) is 3.58. The quantitative estimate of drug-likeness (QED) is 0.712. The second-order valence-electron chi connectivity index (χ2n) is 4.89. The molecule has 2 heterocycles. The first-order chi connectivity index (χ1) is 9.79. The molecule has 0 saturated carbocycles. The van der Waals surface area contributed by atoms with Crippen molar-refractivity contribution in [3.8, 4) is 0 Å². The first-order valence-corrected chi connectivity index (χ1v) is 6.85. The molecule has 1 unspecified atom stereocenters. The molecule has 0 aliphatic carbocycles.